The number of halogens is 1. The van der Waals surface area contributed by atoms with Gasteiger partial charge in [-0.1, -0.05) is 24.9 Å². The Balaban J connectivity index is 1.89. The number of benzene rings is 2. The molecule has 3 N–H and O–H groups in total. The number of Topliss-reactive ketones (excluding diaryl/α,β-unsaturated/α-hetero) is 1. The smallest absolute Gasteiger partial charge is 0.339 e. The average molecular weight is 418 g/mol. The molecule has 0 aromatic heterocycles. The number of carboxylic acid groups (broad SMARTS) is 1. The van der Waals surface area contributed by atoms with Gasteiger partial charge in [0, 0.05) is 23.0 Å². The van der Waals surface area contributed by atoms with E-state index < -0.39 is 12.3 Å². The first kappa shape index (κ1) is 20.7. The van der Waals surface area contributed by atoms with Crippen molar-refractivity contribution in [1.82, 2.24) is 0 Å². The van der Waals surface area contributed by atoms with Crippen LogP contribution < -0.4 is 10.1 Å². The van der Waals surface area contributed by atoms with E-state index in [9.17, 15) is 14.7 Å². The van der Waals surface area contributed by atoms with E-state index in [-0.39, 0.29) is 22.7 Å². The summed E-state index contributed by atoms with van der Waals surface area (Å²) in [5.74, 6) is -1.53. The molecule has 3 rings (SSSR count). The second kappa shape index (κ2) is 8.98. The molecule has 29 heavy (non-hydrogen) atoms. The van der Waals surface area contributed by atoms with Crippen LogP contribution in [0.2, 0.25) is 5.02 Å². The fourth-order valence-electron chi connectivity index (χ4n) is 2.78. The summed E-state index contributed by atoms with van der Waals surface area (Å²) in [5.41, 5.74) is 0.740. The highest BCUT2D eigenvalue weighted by Gasteiger charge is 2.33. The van der Waals surface area contributed by atoms with Gasteiger partial charge in [-0.3, -0.25) is 4.79 Å². The molecule has 2 aromatic carbocycles. The number of fused-ring (bicyclic) bond motifs is 1. The van der Waals surface area contributed by atoms with Crippen molar-refractivity contribution in [2.75, 3.05) is 11.9 Å². The number of ether oxygens (including phenoxy) is 2. The van der Waals surface area contributed by atoms with E-state index in [1.807, 2.05) is 6.92 Å². The first-order chi connectivity index (χ1) is 13.9. The summed E-state index contributed by atoms with van der Waals surface area (Å²) in [6, 6.07) is 8.79. The van der Waals surface area contributed by atoms with Gasteiger partial charge in [0.15, 0.2) is 0 Å². The van der Waals surface area contributed by atoms with Crippen molar-refractivity contribution >= 4 is 29.0 Å². The first-order valence-electron chi connectivity index (χ1n) is 9.06. The molecule has 0 amide bonds. The molecule has 1 atom stereocenters. The lowest BCUT2D eigenvalue weighted by Crippen LogP contribution is -2.33. The molecule has 7 nitrogen and oxygen atoms in total. The number of phenols is 1. The molecular formula is C21H20ClNO6. The van der Waals surface area contributed by atoms with Gasteiger partial charge in [0.2, 0.25) is 12.1 Å². The number of hydrogen-bond donors (Lipinski definition) is 3. The number of unbranched alkanes of at least 4 members (excludes halogenated alkanes) is 1. The van der Waals surface area contributed by atoms with Gasteiger partial charge >= 0.3 is 5.97 Å². The second-order valence-corrected chi connectivity index (χ2v) is 6.86. The highest BCUT2D eigenvalue weighted by atomic mass is 35.5. The molecule has 2 aromatic rings. The van der Waals surface area contributed by atoms with Gasteiger partial charge in [0.25, 0.3) is 0 Å². The Bertz CT molecular complexity index is 972. The Morgan fingerprint density at radius 3 is 2.79 bits per heavy atom. The molecule has 0 aliphatic carbocycles. The van der Waals surface area contributed by atoms with E-state index in [1.165, 1.54) is 30.5 Å². The maximum atomic E-state index is 13.0. The van der Waals surface area contributed by atoms with Crippen molar-refractivity contribution in [2.24, 2.45) is 0 Å². The maximum Gasteiger partial charge on any atom is 0.339 e. The molecule has 1 heterocycles. The van der Waals surface area contributed by atoms with Crippen LogP contribution in [-0.2, 0) is 4.74 Å². The molecule has 1 aliphatic heterocycles. The first-order valence-corrected chi connectivity index (χ1v) is 9.44. The Labute approximate surface area is 172 Å². The number of ketones is 1. The molecule has 8 heteroatoms. The summed E-state index contributed by atoms with van der Waals surface area (Å²) in [4.78, 5) is 24.0. The topological polar surface area (TPSA) is 105 Å². The fraction of sp³-hybridized carbons (Fsp3) is 0.238. The van der Waals surface area contributed by atoms with E-state index in [2.05, 4.69) is 5.32 Å². The lowest BCUT2D eigenvalue weighted by Gasteiger charge is -2.27. The van der Waals surface area contributed by atoms with E-state index in [1.54, 1.807) is 12.1 Å². The predicted molar refractivity (Wildman–Crippen MR) is 108 cm³/mol. The minimum atomic E-state index is -1.24. The number of hydrogen-bond acceptors (Lipinski definition) is 6. The van der Waals surface area contributed by atoms with Crippen LogP contribution in [-0.4, -0.2) is 34.9 Å². The second-order valence-electron chi connectivity index (χ2n) is 6.42. The monoisotopic (exact) mass is 417 g/mol. The zero-order chi connectivity index (χ0) is 21.0. The number of nitrogens with one attached hydrogen (secondary N) is 1. The fourth-order valence-corrected chi connectivity index (χ4v) is 2.95. The van der Waals surface area contributed by atoms with Crippen molar-refractivity contribution in [3.63, 3.8) is 0 Å². The quantitative estimate of drug-likeness (QED) is 0.451. The van der Waals surface area contributed by atoms with Crippen molar-refractivity contribution < 1.29 is 29.3 Å². The van der Waals surface area contributed by atoms with E-state index >= 15 is 0 Å². The number of rotatable bonds is 7. The van der Waals surface area contributed by atoms with Crippen molar-refractivity contribution in [3.05, 3.63) is 64.3 Å². The molecule has 0 fully saturated rings. The van der Waals surface area contributed by atoms with Gasteiger partial charge in [-0.25, -0.2) is 4.79 Å². The van der Waals surface area contributed by atoms with Crippen molar-refractivity contribution in [1.29, 1.82) is 0 Å². The minimum Gasteiger partial charge on any atom is -0.507 e. The van der Waals surface area contributed by atoms with Crippen LogP contribution in [0, 0.1) is 0 Å². The highest BCUT2D eigenvalue weighted by molar-refractivity contribution is 6.31. The average Bonchev–Trinajstić information content (AvgIpc) is 2.68. The number of carboxylic acids is 1. The van der Waals surface area contributed by atoms with Crippen molar-refractivity contribution in [2.45, 2.75) is 26.1 Å². The summed E-state index contributed by atoms with van der Waals surface area (Å²) in [5, 5.41) is 22.1. The normalized spacial score (nSPS) is 17.0. The number of carbonyl (C=O) groups excluding carboxylic acids is 1. The Morgan fingerprint density at radius 1 is 1.31 bits per heavy atom. The number of anilines is 1. The van der Waals surface area contributed by atoms with Crippen LogP contribution in [0.1, 0.15) is 40.5 Å². The van der Waals surface area contributed by atoms with Gasteiger partial charge < -0.3 is 25.0 Å². The van der Waals surface area contributed by atoms with Crippen LogP contribution in [0.4, 0.5) is 5.69 Å². The molecule has 0 spiro atoms. The number of aromatic carboxylic acids is 1. The van der Waals surface area contributed by atoms with Crippen molar-refractivity contribution in [3.8, 4) is 11.5 Å². The third-order valence-electron chi connectivity index (χ3n) is 4.33. The van der Waals surface area contributed by atoms with Gasteiger partial charge in [-0.05, 0) is 36.8 Å². The molecule has 0 unspecified atom stereocenters. The highest BCUT2D eigenvalue weighted by Crippen LogP contribution is 2.33. The van der Waals surface area contributed by atoms with Gasteiger partial charge in [0.1, 0.15) is 17.1 Å². The Hall–Kier alpha value is -3.03. The lowest BCUT2D eigenvalue weighted by molar-refractivity contribution is -0.0570. The third-order valence-corrected chi connectivity index (χ3v) is 4.56. The third kappa shape index (κ3) is 4.70. The lowest BCUT2D eigenvalue weighted by atomic mass is 10.00. The van der Waals surface area contributed by atoms with Crippen LogP contribution >= 0.6 is 11.6 Å². The number of aromatic hydroxyl groups is 1. The van der Waals surface area contributed by atoms with Gasteiger partial charge in [0.05, 0.1) is 17.7 Å². The SMILES string of the molecule is CCCCO[C@H]1Oc2ccc(Cl)cc2C(=O)/C1=C/Nc1ccc(C(=O)O)c(O)c1. The summed E-state index contributed by atoms with van der Waals surface area (Å²) in [7, 11) is 0. The van der Waals surface area contributed by atoms with E-state index in [0.717, 1.165) is 12.8 Å². The molecular weight excluding hydrogens is 398 g/mol. The summed E-state index contributed by atoms with van der Waals surface area (Å²) >= 11 is 6.01. The summed E-state index contributed by atoms with van der Waals surface area (Å²) in [6.45, 7) is 2.45. The Morgan fingerprint density at radius 2 is 2.10 bits per heavy atom. The predicted octanol–water partition coefficient (Wildman–Crippen LogP) is 4.46. The van der Waals surface area contributed by atoms with Gasteiger partial charge in [-0.15, -0.1) is 0 Å². The van der Waals surface area contributed by atoms with E-state index in [0.29, 0.717) is 28.6 Å². The van der Waals surface area contributed by atoms with Crippen LogP contribution in [0.5, 0.6) is 11.5 Å². The van der Waals surface area contributed by atoms with E-state index in [4.69, 9.17) is 26.2 Å². The molecule has 0 bridgehead atoms. The zero-order valence-electron chi connectivity index (χ0n) is 15.6. The molecule has 0 radical (unpaired) electrons. The zero-order valence-corrected chi connectivity index (χ0v) is 16.4. The standard InChI is InChI=1S/C21H20ClNO6/c1-2-3-8-28-21-16(19(25)15-9-12(22)4-7-18(15)29-21)11-23-13-5-6-14(20(26)27)17(24)10-13/h4-7,9-11,21,23-24H,2-3,8H2,1H3,(H,26,27)/b16-11-/t21-/m0/s1. The van der Waals surface area contributed by atoms with Crippen LogP contribution in [0.15, 0.2) is 48.2 Å². The molecule has 152 valence electrons. The van der Waals surface area contributed by atoms with Gasteiger partial charge in [-0.2, -0.15) is 0 Å². The maximum absolute atomic E-state index is 13.0. The largest absolute Gasteiger partial charge is 0.507 e. The van der Waals surface area contributed by atoms with Crippen LogP contribution in [0.3, 0.4) is 0 Å². The van der Waals surface area contributed by atoms with Crippen LogP contribution in [0.25, 0.3) is 0 Å². The molecule has 0 saturated heterocycles. The minimum absolute atomic E-state index is 0.218. The summed E-state index contributed by atoms with van der Waals surface area (Å²) in [6.07, 6.45) is 2.27. The molecule has 0 saturated carbocycles. The summed E-state index contributed by atoms with van der Waals surface area (Å²) < 4.78 is 11.6. The molecule has 1 aliphatic rings. The Kier molecular flexibility index (Phi) is 6.41. The number of carbonyl (C=O) groups is 2.